The molecule has 1 heterocycles. The van der Waals surface area contributed by atoms with E-state index in [0.29, 0.717) is 17.1 Å². The van der Waals surface area contributed by atoms with E-state index in [2.05, 4.69) is 20.8 Å². The summed E-state index contributed by atoms with van der Waals surface area (Å²) in [5.74, 6) is -0.256. The van der Waals surface area contributed by atoms with Gasteiger partial charge in [-0.2, -0.15) is 0 Å². The van der Waals surface area contributed by atoms with Crippen LogP contribution in [-0.4, -0.2) is 35.9 Å². The van der Waals surface area contributed by atoms with Crippen molar-refractivity contribution < 1.29 is 24.2 Å². The summed E-state index contributed by atoms with van der Waals surface area (Å²) in [5, 5.41) is 11.5. The summed E-state index contributed by atoms with van der Waals surface area (Å²) >= 11 is 0. The predicted octanol–water partition coefficient (Wildman–Crippen LogP) is 5.93. The monoisotopic (exact) mass is 499 g/mol. The Hall–Kier alpha value is -4.06. The van der Waals surface area contributed by atoms with Gasteiger partial charge in [0.1, 0.15) is 17.3 Å². The van der Waals surface area contributed by atoms with Gasteiger partial charge in [0.05, 0.1) is 25.8 Å². The van der Waals surface area contributed by atoms with Gasteiger partial charge in [-0.1, -0.05) is 57.2 Å². The number of rotatable bonds is 6. The maximum absolute atomic E-state index is 13.4. The number of methoxy groups -OCH3 is 2. The molecular formula is C31H33NO5. The van der Waals surface area contributed by atoms with Crippen LogP contribution in [0.3, 0.4) is 0 Å². The average Bonchev–Trinajstić information content (AvgIpc) is 3.12. The molecule has 0 radical (unpaired) electrons. The van der Waals surface area contributed by atoms with Crippen molar-refractivity contribution in [3.63, 3.8) is 0 Å². The summed E-state index contributed by atoms with van der Waals surface area (Å²) in [6.07, 6.45) is 0. The van der Waals surface area contributed by atoms with Crippen LogP contribution in [0.5, 0.6) is 11.5 Å². The third-order valence-corrected chi connectivity index (χ3v) is 6.81. The van der Waals surface area contributed by atoms with Crippen molar-refractivity contribution in [3.05, 3.63) is 100 Å². The van der Waals surface area contributed by atoms with Crippen LogP contribution in [0.25, 0.3) is 5.76 Å². The number of aliphatic hydroxyl groups excluding tert-OH is 1. The van der Waals surface area contributed by atoms with E-state index in [1.54, 1.807) is 32.4 Å². The minimum atomic E-state index is -0.748. The van der Waals surface area contributed by atoms with Gasteiger partial charge in [0, 0.05) is 12.1 Å². The van der Waals surface area contributed by atoms with Crippen LogP contribution in [0.4, 0.5) is 0 Å². The molecule has 0 aliphatic carbocycles. The SMILES string of the molecule is COc1cccc(CN2C(=O)C(=O)/C(=C(\O)c3ccc(OC)cc3C)C2c2ccc(C(C)(C)C)cc2)c1. The van der Waals surface area contributed by atoms with Crippen LogP contribution in [0, 0.1) is 6.92 Å². The fourth-order valence-electron chi connectivity index (χ4n) is 4.70. The standard InChI is InChI=1S/C31H33NO5/c1-19-16-24(37-6)14-15-25(19)28(33)26-27(21-10-12-22(13-11-21)31(2,3)4)32(30(35)29(26)34)18-20-8-7-9-23(17-20)36-5/h7-17,27,33H,18H2,1-6H3/b28-26-. The van der Waals surface area contributed by atoms with Crippen LogP contribution < -0.4 is 9.47 Å². The fraction of sp³-hybridized carbons (Fsp3) is 0.290. The number of ether oxygens (including phenoxy) is 2. The van der Waals surface area contributed by atoms with Crippen molar-refractivity contribution in [2.45, 2.75) is 45.7 Å². The van der Waals surface area contributed by atoms with E-state index in [1.165, 1.54) is 4.90 Å². The zero-order valence-electron chi connectivity index (χ0n) is 22.2. The quantitative estimate of drug-likeness (QED) is 0.258. The van der Waals surface area contributed by atoms with Gasteiger partial charge in [-0.05, 0) is 64.9 Å². The lowest BCUT2D eigenvalue weighted by atomic mass is 9.85. The number of hydrogen-bond acceptors (Lipinski definition) is 5. The van der Waals surface area contributed by atoms with E-state index in [-0.39, 0.29) is 23.3 Å². The highest BCUT2D eigenvalue weighted by Gasteiger charge is 2.46. The highest BCUT2D eigenvalue weighted by atomic mass is 16.5. The largest absolute Gasteiger partial charge is 0.507 e. The Morgan fingerprint density at radius 2 is 1.57 bits per heavy atom. The highest BCUT2D eigenvalue weighted by molar-refractivity contribution is 6.46. The molecule has 6 heteroatoms. The number of carbonyl (C=O) groups excluding carboxylic acids is 2. The lowest BCUT2D eigenvalue weighted by Crippen LogP contribution is -2.29. The van der Waals surface area contributed by atoms with Gasteiger partial charge in [-0.25, -0.2) is 0 Å². The lowest BCUT2D eigenvalue weighted by molar-refractivity contribution is -0.140. The molecule has 0 saturated carbocycles. The van der Waals surface area contributed by atoms with Gasteiger partial charge in [0.2, 0.25) is 0 Å². The summed E-state index contributed by atoms with van der Waals surface area (Å²) in [6.45, 7) is 8.40. The van der Waals surface area contributed by atoms with Gasteiger partial charge in [0.25, 0.3) is 11.7 Å². The number of carbonyl (C=O) groups is 2. The second-order valence-electron chi connectivity index (χ2n) is 10.3. The number of Topliss-reactive ketones (excluding diaryl/α,β-unsaturated/α-hetero) is 1. The van der Waals surface area contributed by atoms with Crippen LogP contribution >= 0.6 is 0 Å². The Balaban J connectivity index is 1.87. The van der Waals surface area contributed by atoms with E-state index in [0.717, 1.165) is 22.3 Å². The van der Waals surface area contributed by atoms with E-state index >= 15 is 0 Å². The molecule has 192 valence electrons. The summed E-state index contributed by atoms with van der Waals surface area (Å²) in [6, 6.07) is 19.8. The second-order valence-corrected chi connectivity index (χ2v) is 10.3. The Morgan fingerprint density at radius 1 is 0.919 bits per heavy atom. The van der Waals surface area contributed by atoms with Crippen molar-refractivity contribution in [2.24, 2.45) is 0 Å². The van der Waals surface area contributed by atoms with Crippen molar-refractivity contribution in [1.29, 1.82) is 0 Å². The van der Waals surface area contributed by atoms with Crippen LogP contribution in [0.1, 0.15) is 54.6 Å². The third kappa shape index (κ3) is 5.10. The molecule has 0 spiro atoms. The number of ketones is 1. The number of aliphatic hydroxyl groups is 1. The van der Waals surface area contributed by atoms with Crippen LogP contribution in [0.15, 0.2) is 72.3 Å². The number of hydrogen-bond donors (Lipinski definition) is 1. The lowest BCUT2D eigenvalue weighted by Gasteiger charge is -2.27. The first-order valence-electron chi connectivity index (χ1n) is 12.2. The van der Waals surface area contributed by atoms with E-state index < -0.39 is 17.7 Å². The molecule has 1 aliphatic rings. The van der Waals surface area contributed by atoms with Crippen LogP contribution in [0.2, 0.25) is 0 Å². The molecule has 1 saturated heterocycles. The molecule has 6 nitrogen and oxygen atoms in total. The zero-order chi connectivity index (χ0) is 26.9. The molecule has 4 rings (SSSR count). The molecule has 3 aromatic carbocycles. The van der Waals surface area contributed by atoms with E-state index in [1.807, 2.05) is 55.5 Å². The minimum Gasteiger partial charge on any atom is -0.507 e. The Morgan fingerprint density at radius 3 is 2.16 bits per heavy atom. The Kier molecular flexibility index (Phi) is 7.12. The number of benzene rings is 3. The Bertz CT molecular complexity index is 1370. The molecular weight excluding hydrogens is 466 g/mol. The number of likely N-dealkylation sites (tertiary alicyclic amines) is 1. The van der Waals surface area contributed by atoms with Gasteiger partial charge >= 0.3 is 0 Å². The predicted molar refractivity (Wildman–Crippen MR) is 144 cm³/mol. The first-order valence-corrected chi connectivity index (χ1v) is 12.2. The van der Waals surface area contributed by atoms with Crippen LogP contribution in [-0.2, 0) is 21.5 Å². The van der Waals surface area contributed by atoms with Crippen molar-refractivity contribution in [3.8, 4) is 11.5 Å². The molecule has 1 N–H and O–H groups in total. The smallest absolute Gasteiger partial charge is 0.295 e. The maximum Gasteiger partial charge on any atom is 0.295 e. The number of amides is 1. The van der Waals surface area contributed by atoms with Gasteiger partial charge in [0.15, 0.2) is 0 Å². The Labute approximate surface area is 218 Å². The molecule has 1 fully saturated rings. The van der Waals surface area contributed by atoms with Gasteiger partial charge in [-0.3, -0.25) is 9.59 Å². The molecule has 3 aromatic rings. The second kappa shape index (κ2) is 10.1. The first kappa shape index (κ1) is 26.0. The molecule has 0 bridgehead atoms. The van der Waals surface area contributed by atoms with Gasteiger partial charge in [-0.15, -0.1) is 0 Å². The van der Waals surface area contributed by atoms with Gasteiger partial charge < -0.3 is 19.5 Å². The zero-order valence-corrected chi connectivity index (χ0v) is 22.2. The van der Waals surface area contributed by atoms with Crippen molar-refractivity contribution in [2.75, 3.05) is 14.2 Å². The molecule has 1 unspecified atom stereocenters. The highest BCUT2D eigenvalue weighted by Crippen LogP contribution is 2.41. The number of aryl methyl sites for hydroxylation is 1. The third-order valence-electron chi connectivity index (χ3n) is 6.81. The molecule has 1 amide bonds. The summed E-state index contributed by atoms with van der Waals surface area (Å²) < 4.78 is 10.6. The maximum atomic E-state index is 13.4. The molecule has 1 aliphatic heterocycles. The molecule has 0 aromatic heterocycles. The normalized spacial score (nSPS) is 17.2. The topological polar surface area (TPSA) is 76.1 Å². The first-order chi connectivity index (χ1) is 17.5. The summed E-state index contributed by atoms with van der Waals surface area (Å²) in [7, 11) is 3.15. The minimum absolute atomic E-state index is 0.0544. The summed E-state index contributed by atoms with van der Waals surface area (Å²) in [5.41, 5.74) is 3.94. The fourth-order valence-corrected chi connectivity index (χ4v) is 4.70. The molecule has 1 atom stereocenters. The van der Waals surface area contributed by atoms with Crippen molar-refractivity contribution >= 4 is 17.4 Å². The van der Waals surface area contributed by atoms with E-state index in [9.17, 15) is 14.7 Å². The molecule has 37 heavy (non-hydrogen) atoms. The summed E-state index contributed by atoms with van der Waals surface area (Å²) in [4.78, 5) is 28.3. The van der Waals surface area contributed by atoms with Crippen molar-refractivity contribution in [1.82, 2.24) is 4.90 Å². The number of nitrogens with zero attached hydrogens (tertiary/aromatic N) is 1. The average molecular weight is 500 g/mol. The van der Waals surface area contributed by atoms with E-state index in [4.69, 9.17) is 9.47 Å².